The number of aliphatic hydroxyl groups is 18. The highest BCUT2D eigenvalue weighted by Crippen LogP contribution is 2.75. The normalized spacial score (nSPS) is 48.9. The molecule has 4 heterocycles. The fourth-order valence-electron chi connectivity index (χ4n) is 16.3. The molecular formula is C59H102O27. The van der Waals surface area contributed by atoms with Crippen LogP contribution in [-0.2, 0) is 42.6 Å². The van der Waals surface area contributed by atoms with E-state index in [1.165, 1.54) is 20.8 Å². The Balaban J connectivity index is 0.962. The van der Waals surface area contributed by atoms with E-state index in [4.69, 9.17) is 42.6 Å². The molecule has 86 heavy (non-hydrogen) atoms. The zero-order chi connectivity index (χ0) is 63.7. The highest BCUT2D eigenvalue weighted by Gasteiger charge is 2.70. The Morgan fingerprint density at radius 3 is 1.71 bits per heavy atom. The van der Waals surface area contributed by atoms with Crippen molar-refractivity contribution >= 4 is 0 Å². The number of aliphatic hydroxyl groups excluding tert-OH is 17. The Morgan fingerprint density at radius 2 is 1.13 bits per heavy atom. The van der Waals surface area contributed by atoms with Gasteiger partial charge in [-0.25, -0.2) is 0 Å². The van der Waals surface area contributed by atoms with Gasteiger partial charge in [-0.1, -0.05) is 53.2 Å². The molecule has 3 saturated carbocycles. The lowest BCUT2D eigenvalue weighted by atomic mass is 9.38. The Morgan fingerprint density at radius 1 is 0.605 bits per heavy atom. The Bertz CT molecular complexity index is 2220. The van der Waals surface area contributed by atoms with Crippen LogP contribution in [0.2, 0.25) is 0 Å². The Kier molecular flexibility index (Phi) is 22.4. The maximum Gasteiger partial charge on any atom is 0.187 e. The van der Waals surface area contributed by atoms with Crippen LogP contribution in [0.1, 0.15) is 114 Å². The van der Waals surface area contributed by atoms with Gasteiger partial charge in [-0.2, -0.15) is 0 Å². The average molecular weight is 1240 g/mol. The molecule has 0 aromatic rings. The van der Waals surface area contributed by atoms with Crippen molar-refractivity contribution < 1.29 is 135 Å². The third-order valence-corrected chi connectivity index (χ3v) is 22.1. The lowest BCUT2D eigenvalue weighted by Crippen LogP contribution is -2.65. The SMILES string of the molecule is C[C@H](CC[C@@H](O[C@@H]1O[C@H](CO[C@@H]2O[C@H](CO)[C@@H](O)[C@H](O)[C@H]2O)[C@@H](O)[C@H](O)[C@H]1O[C@@H]1O[C@H](CO)[C@@H](O)[C@H](O)[C@H]1O)C(C)(C)O)C1CC[C@@]2(C)C3CC=C4C(CC[C@H](O[C@@H]5O[C@H](COC[C@H](O)[C@@H](O)[C@@H](C)O)[C@@H](O)[C@H](O)[C@H]5O)C4(C)C)[C@]3(C)[C@H](O)C[C@]12C. The van der Waals surface area contributed by atoms with Crippen LogP contribution in [0.4, 0.5) is 0 Å². The lowest BCUT2D eigenvalue weighted by Gasteiger charge is -2.67. The predicted molar refractivity (Wildman–Crippen MR) is 295 cm³/mol. The number of hydrogen-bond acceptors (Lipinski definition) is 27. The first-order chi connectivity index (χ1) is 40.1. The third-order valence-electron chi connectivity index (χ3n) is 22.1. The predicted octanol–water partition coefficient (Wildman–Crippen LogP) is -4.10. The van der Waals surface area contributed by atoms with Gasteiger partial charge in [0, 0.05) is 10.8 Å². The van der Waals surface area contributed by atoms with Crippen molar-refractivity contribution in [2.45, 2.75) is 279 Å². The molecule has 0 radical (unpaired) electrons. The van der Waals surface area contributed by atoms with Gasteiger partial charge in [0.15, 0.2) is 25.2 Å². The van der Waals surface area contributed by atoms with Crippen molar-refractivity contribution in [1.82, 2.24) is 0 Å². The van der Waals surface area contributed by atoms with Gasteiger partial charge in [0.25, 0.3) is 0 Å². The molecule has 27 nitrogen and oxygen atoms in total. The van der Waals surface area contributed by atoms with Crippen molar-refractivity contribution in [2.24, 2.45) is 45.3 Å². The lowest BCUT2D eigenvalue weighted by molar-refractivity contribution is -0.380. The molecule has 3 unspecified atom stereocenters. The van der Waals surface area contributed by atoms with Crippen molar-refractivity contribution in [3.05, 3.63) is 11.6 Å². The fraction of sp³-hybridized carbons (Fsp3) is 0.966. The van der Waals surface area contributed by atoms with E-state index in [2.05, 4.69) is 47.6 Å². The average Bonchev–Trinajstić information content (AvgIpc) is 1.28. The summed E-state index contributed by atoms with van der Waals surface area (Å²) in [7, 11) is 0. The maximum atomic E-state index is 12.8. The minimum absolute atomic E-state index is 0.0219. The quantitative estimate of drug-likeness (QED) is 0.0458. The van der Waals surface area contributed by atoms with Crippen molar-refractivity contribution in [2.75, 3.05) is 33.0 Å². The van der Waals surface area contributed by atoms with E-state index in [0.29, 0.717) is 32.1 Å². The second-order valence-electron chi connectivity index (χ2n) is 28.0. The van der Waals surface area contributed by atoms with Crippen LogP contribution in [0.3, 0.4) is 0 Å². The van der Waals surface area contributed by atoms with Gasteiger partial charge in [0.05, 0.1) is 63.1 Å². The molecule has 4 aliphatic carbocycles. The van der Waals surface area contributed by atoms with E-state index in [1.807, 2.05) is 0 Å². The first-order valence-corrected chi connectivity index (χ1v) is 30.7. The van der Waals surface area contributed by atoms with Crippen LogP contribution in [0.25, 0.3) is 0 Å². The molecule has 4 saturated heterocycles. The number of fused-ring (bicyclic) bond motifs is 5. The smallest absolute Gasteiger partial charge is 0.187 e. The highest BCUT2D eigenvalue weighted by atomic mass is 16.8. The van der Waals surface area contributed by atoms with E-state index < -0.39 is 202 Å². The van der Waals surface area contributed by atoms with Crippen LogP contribution < -0.4 is 0 Å². The molecule has 27 heteroatoms. The molecule has 0 amide bonds. The van der Waals surface area contributed by atoms with Crippen LogP contribution in [-0.4, -0.2) is 290 Å². The molecule has 33 atom stereocenters. The zero-order valence-electron chi connectivity index (χ0n) is 50.8. The standard InChI is InChI=1S/C59H102O27/c1-24(10-14-37(56(5,6)77)85-54-50(86-53-49(76)44(71)40(67)31(20-61)81-53)46(73)42(69)33(83-54)23-79-51-47(74)43(70)39(66)30(19-60)80-51)26-16-17-57(7)34-13-11-27-28(59(34,9)35(64)18-58(26,57)8)12-15-36(55(27,3)4)84-52-48(75)45(72)41(68)32(82-52)22-78-21-29(63)38(65)25(2)62/h11,24-26,28-54,60-77H,10,12-23H2,1-9H3/t24-,25-,26?,28?,29+,30-,31-,32-,33-,34?,35-,36+,37-,38+,39-,40-,41-,42-,43+,44+,45+,46+,47-,48-,49-,50-,51-,52+,53+,54+,57+,58-,59+/m1/s1. The van der Waals surface area contributed by atoms with Gasteiger partial charge >= 0.3 is 0 Å². The summed E-state index contributed by atoms with van der Waals surface area (Å²) in [6.07, 6.45) is -32.8. The molecule has 0 spiro atoms. The first kappa shape index (κ1) is 70.5. The molecule has 8 aliphatic rings. The van der Waals surface area contributed by atoms with E-state index in [9.17, 15) is 91.9 Å². The Labute approximate surface area is 501 Å². The molecule has 7 fully saturated rings. The number of rotatable bonds is 22. The number of ether oxygens (including phenoxy) is 9. The third kappa shape index (κ3) is 13.2. The zero-order valence-corrected chi connectivity index (χ0v) is 50.8. The molecule has 8 rings (SSSR count). The topological polar surface area (TPSA) is 447 Å². The Hall–Kier alpha value is -1.34. The summed E-state index contributed by atoms with van der Waals surface area (Å²) in [4.78, 5) is 0. The molecule has 0 aromatic heterocycles. The van der Waals surface area contributed by atoms with E-state index in [0.717, 1.165) is 18.4 Å². The van der Waals surface area contributed by atoms with Gasteiger partial charge < -0.3 is 135 Å². The first-order valence-electron chi connectivity index (χ1n) is 30.7. The summed E-state index contributed by atoms with van der Waals surface area (Å²) < 4.78 is 53.7. The molecule has 0 bridgehead atoms. The highest BCUT2D eigenvalue weighted by molar-refractivity contribution is 5.32. The molecule has 500 valence electrons. The van der Waals surface area contributed by atoms with Crippen LogP contribution >= 0.6 is 0 Å². The monoisotopic (exact) mass is 1240 g/mol. The van der Waals surface area contributed by atoms with Gasteiger partial charge in [-0.05, 0) is 107 Å². The largest absolute Gasteiger partial charge is 0.394 e. The summed E-state index contributed by atoms with van der Waals surface area (Å²) in [6, 6.07) is 0. The summed E-state index contributed by atoms with van der Waals surface area (Å²) in [6.45, 7) is 14.5. The summed E-state index contributed by atoms with van der Waals surface area (Å²) in [5.41, 5.74) is -2.33. The molecule has 18 N–H and O–H groups in total. The maximum absolute atomic E-state index is 12.8. The van der Waals surface area contributed by atoms with E-state index >= 15 is 0 Å². The summed E-state index contributed by atoms with van der Waals surface area (Å²) in [5.74, 6) is 0.0725. The second kappa shape index (κ2) is 27.3. The summed E-state index contributed by atoms with van der Waals surface area (Å²) >= 11 is 0. The van der Waals surface area contributed by atoms with Crippen LogP contribution in [0.15, 0.2) is 11.6 Å². The fourth-order valence-corrected chi connectivity index (χ4v) is 16.3. The summed E-state index contributed by atoms with van der Waals surface area (Å²) in [5, 5.41) is 194. The van der Waals surface area contributed by atoms with Gasteiger partial charge in [0.2, 0.25) is 0 Å². The van der Waals surface area contributed by atoms with E-state index in [1.54, 1.807) is 0 Å². The van der Waals surface area contributed by atoms with Gasteiger partial charge in [-0.3, -0.25) is 0 Å². The van der Waals surface area contributed by atoms with Crippen molar-refractivity contribution in [3.8, 4) is 0 Å². The van der Waals surface area contributed by atoms with Gasteiger partial charge in [0.1, 0.15) is 110 Å². The molecule has 4 aliphatic heterocycles. The molecule has 0 aromatic carbocycles. The van der Waals surface area contributed by atoms with E-state index in [-0.39, 0.29) is 47.5 Å². The number of allylic oxidation sites excluding steroid dienone is 1. The van der Waals surface area contributed by atoms with Crippen molar-refractivity contribution in [1.29, 1.82) is 0 Å². The molecular weight excluding hydrogens is 1140 g/mol. The van der Waals surface area contributed by atoms with Crippen LogP contribution in [0, 0.1) is 45.3 Å². The minimum atomic E-state index is -1.95. The second-order valence-corrected chi connectivity index (χ2v) is 28.0. The number of hydrogen-bond donors (Lipinski definition) is 18. The minimum Gasteiger partial charge on any atom is -0.394 e. The van der Waals surface area contributed by atoms with Crippen LogP contribution in [0.5, 0.6) is 0 Å². The van der Waals surface area contributed by atoms with Crippen molar-refractivity contribution in [3.63, 3.8) is 0 Å². The van der Waals surface area contributed by atoms with Gasteiger partial charge in [-0.15, -0.1) is 0 Å².